The molecule has 1 aliphatic rings. The van der Waals surface area contributed by atoms with Gasteiger partial charge in [0.05, 0.1) is 12.6 Å². The Balaban J connectivity index is 2.08. The molecule has 2 amide bonds. The summed E-state index contributed by atoms with van der Waals surface area (Å²) in [4.78, 5) is 24.8. The number of ether oxygens (including phenoxy) is 2. The molecule has 6 heteroatoms. The molecule has 1 N–H and O–H groups in total. The molecule has 0 spiro atoms. The summed E-state index contributed by atoms with van der Waals surface area (Å²) in [5, 5.41) is 3.13. The molecule has 1 aromatic rings. The summed E-state index contributed by atoms with van der Waals surface area (Å²) < 4.78 is 10.3. The van der Waals surface area contributed by atoms with Crippen molar-refractivity contribution in [3.05, 3.63) is 29.8 Å². The largest absolute Gasteiger partial charge is 0.494 e. The lowest BCUT2D eigenvalue weighted by atomic mass is 10.1. The Morgan fingerprint density at radius 2 is 1.86 bits per heavy atom. The Kier molecular flexibility index (Phi) is 5.30. The lowest BCUT2D eigenvalue weighted by molar-refractivity contribution is -0.158. The van der Waals surface area contributed by atoms with Gasteiger partial charge in [0.25, 0.3) is 11.8 Å². The number of amides is 2. The molecule has 21 heavy (non-hydrogen) atoms. The van der Waals surface area contributed by atoms with Crippen LogP contribution in [0, 0.1) is 0 Å². The van der Waals surface area contributed by atoms with Crippen molar-refractivity contribution in [3.8, 4) is 5.75 Å². The lowest BCUT2D eigenvalue weighted by Crippen LogP contribution is -2.49. The van der Waals surface area contributed by atoms with Crippen LogP contribution >= 0.6 is 0 Å². The van der Waals surface area contributed by atoms with Gasteiger partial charge in [0.2, 0.25) is 0 Å². The fraction of sp³-hybridized carbons (Fsp3) is 0.467. The van der Waals surface area contributed by atoms with Crippen molar-refractivity contribution in [1.82, 2.24) is 10.2 Å². The molecule has 1 unspecified atom stereocenters. The Bertz CT molecular complexity index is 485. The fourth-order valence-corrected chi connectivity index (χ4v) is 2.23. The summed E-state index contributed by atoms with van der Waals surface area (Å²) >= 11 is 0. The SMILES string of the molecule is CCOc1ccc(C(CN2C(=O)COCC2=O)NC)cc1. The lowest BCUT2D eigenvalue weighted by Gasteiger charge is -2.29. The van der Waals surface area contributed by atoms with Gasteiger partial charge in [0, 0.05) is 6.54 Å². The van der Waals surface area contributed by atoms with Crippen molar-refractivity contribution in [2.75, 3.05) is 33.4 Å². The molecule has 1 aromatic carbocycles. The maximum absolute atomic E-state index is 11.8. The standard InChI is InChI=1S/C15H20N2O4/c1-3-21-12-6-4-11(5-7-12)13(16-2)8-17-14(18)9-20-10-15(17)19/h4-7,13,16H,3,8-10H2,1-2H3. The van der Waals surface area contributed by atoms with Crippen molar-refractivity contribution in [3.63, 3.8) is 0 Å². The summed E-state index contributed by atoms with van der Waals surface area (Å²) in [5.74, 6) is 0.213. The second-order valence-corrected chi connectivity index (χ2v) is 4.73. The highest BCUT2D eigenvalue weighted by Gasteiger charge is 2.28. The van der Waals surface area contributed by atoms with Gasteiger partial charge in [-0.05, 0) is 31.7 Å². The van der Waals surface area contributed by atoms with Gasteiger partial charge in [-0.25, -0.2) is 0 Å². The first-order valence-electron chi connectivity index (χ1n) is 6.96. The van der Waals surface area contributed by atoms with Gasteiger partial charge in [-0.15, -0.1) is 0 Å². The zero-order valence-corrected chi connectivity index (χ0v) is 12.3. The summed E-state index contributed by atoms with van der Waals surface area (Å²) in [6.45, 7) is 2.77. The molecule has 0 aromatic heterocycles. The van der Waals surface area contributed by atoms with Crippen molar-refractivity contribution in [1.29, 1.82) is 0 Å². The highest BCUT2D eigenvalue weighted by molar-refractivity contribution is 5.98. The van der Waals surface area contributed by atoms with Crippen LogP contribution in [0.1, 0.15) is 18.5 Å². The second kappa shape index (κ2) is 7.19. The van der Waals surface area contributed by atoms with Crippen LogP contribution in [0.3, 0.4) is 0 Å². The maximum atomic E-state index is 11.8. The van der Waals surface area contributed by atoms with Crippen molar-refractivity contribution >= 4 is 11.8 Å². The molecule has 6 nitrogen and oxygen atoms in total. The second-order valence-electron chi connectivity index (χ2n) is 4.73. The van der Waals surface area contributed by atoms with Crippen LogP contribution in [0.15, 0.2) is 24.3 Å². The van der Waals surface area contributed by atoms with E-state index >= 15 is 0 Å². The van der Waals surface area contributed by atoms with Crippen LogP contribution in [0.5, 0.6) is 5.75 Å². The van der Waals surface area contributed by atoms with E-state index in [1.54, 1.807) is 7.05 Å². The van der Waals surface area contributed by atoms with Crippen LogP contribution in [-0.4, -0.2) is 50.1 Å². The highest BCUT2D eigenvalue weighted by Crippen LogP contribution is 2.19. The van der Waals surface area contributed by atoms with E-state index < -0.39 is 0 Å². The fourth-order valence-electron chi connectivity index (χ4n) is 2.23. The zero-order chi connectivity index (χ0) is 15.2. The number of hydrogen-bond donors (Lipinski definition) is 1. The van der Waals surface area contributed by atoms with Crippen LogP contribution in [0.4, 0.5) is 0 Å². The number of likely N-dealkylation sites (N-methyl/N-ethyl adjacent to an activating group) is 1. The van der Waals surface area contributed by atoms with Crippen LogP contribution < -0.4 is 10.1 Å². The monoisotopic (exact) mass is 292 g/mol. The van der Waals surface area contributed by atoms with Gasteiger partial charge in [0.1, 0.15) is 19.0 Å². The molecule has 2 rings (SSSR count). The average Bonchev–Trinajstić information content (AvgIpc) is 2.49. The third-order valence-corrected chi connectivity index (χ3v) is 3.36. The number of nitrogens with zero attached hydrogens (tertiary/aromatic N) is 1. The highest BCUT2D eigenvalue weighted by atomic mass is 16.5. The minimum absolute atomic E-state index is 0.0363. The molecule has 1 atom stereocenters. The topological polar surface area (TPSA) is 67.9 Å². The Labute approximate surface area is 124 Å². The minimum atomic E-state index is -0.294. The number of morpholine rings is 1. The van der Waals surface area contributed by atoms with Crippen molar-refractivity contribution in [2.24, 2.45) is 0 Å². The van der Waals surface area contributed by atoms with E-state index in [2.05, 4.69) is 5.32 Å². The van der Waals surface area contributed by atoms with Gasteiger partial charge in [-0.3, -0.25) is 14.5 Å². The summed E-state index contributed by atoms with van der Waals surface area (Å²) in [7, 11) is 1.80. The van der Waals surface area contributed by atoms with Crippen LogP contribution in [-0.2, 0) is 14.3 Å². The number of benzene rings is 1. The molecule has 114 valence electrons. The molecule has 1 heterocycles. The maximum Gasteiger partial charge on any atom is 0.255 e. The molecule has 1 aliphatic heterocycles. The van der Waals surface area contributed by atoms with Crippen LogP contribution in [0.2, 0.25) is 0 Å². The van der Waals surface area contributed by atoms with E-state index in [0.29, 0.717) is 13.2 Å². The first kappa shape index (κ1) is 15.5. The smallest absolute Gasteiger partial charge is 0.255 e. The van der Waals surface area contributed by atoms with Gasteiger partial charge in [-0.2, -0.15) is 0 Å². The summed E-state index contributed by atoms with van der Waals surface area (Å²) in [5.41, 5.74) is 0.994. The third-order valence-electron chi connectivity index (χ3n) is 3.36. The quantitative estimate of drug-likeness (QED) is 0.783. The average molecular weight is 292 g/mol. The summed E-state index contributed by atoms with van der Waals surface area (Å²) in [6.07, 6.45) is 0. The van der Waals surface area contributed by atoms with E-state index in [4.69, 9.17) is 9.47 Å². The Morgan fingerprint density at radius 1 is 1.24 bits per heavy atom. The third kappa shape index (κ3) is 3.80. The molecule has 1 saturated heterocycles. The predicted octanol–water partition coefficient (Wildman–Crippen LogP) is 0.731. The van der Waals surface area contributed by atoms with E-state index in [-0.39, 0.29) is 31.1 Å². The van der Waals surface area contributed by atoms with E-state index in [0.717, 1.165) is 11.3 Å². The number of rotatable bonds is 6. The molecule has 0 saturated carbocycles. The number of hydrogen-bond acceptors (Lipinski definition) is 5. The number of imide groups is 1. The zero-order valence-electron chi connectivity index (χ0n) is 12.3. The number of carbonyl (C=O) groups excluding carboxylic acids is 2. The number of nitrogens with one attached hydrogen (secondary N) is 1. The molecule has 0 radical (unpaired) electrons. The van der Waals surface area contributed by atoms with Crippen molar-refractivity contribution in [2.45, 2.75) is 13.0 Å². The van der Waals surface area contributed by atoms with Crippen molar-refractivity contribution < 1.29 is 19.1 Å². The minimum Gasteiger partial charge on any atom is -0.494 e. The summed E-state index contributed by atoms with van der Waals surface area (Å²) in [6, 6.07) is 7.51. The van der Waals surface area contributed by atoms with E-state index in [1.807, 2.05) is 31.2 Å². The van der Waals surface area contributed by atoms with Crippen LogP contribution in [0.25, 0.3) is 0 Å². The molecular formula is C15H20N2O4. The molecule has 0 aliphatic carbocycles. The molecule has 0 bridgehead atoms. The Hall–Kier alpha value is -1.92. The molecule has 1 fully saturated rings. The normalized spacial score (nSPS) is 17.0. The van der Waals surface area contributed by atoms with Gasteiger partial charge in [0.15, 0.2) is 0 Å². The first-order chi connectivity index (χ1) is 10.2. The van der Waals surface area contributed by atoms with Gasteiger partial charge >= 0.3 is 0 Å². The number of carbonyl (C=O) groups is 2. The molecular weight excluding hydrogens is 272 g/mol. The van der Waals surface area contributed by atoms with E-state index in [9.17, 15) is 9.59 Å². The predicted molar refractivity (Wildman–Crippen MR) is 77.0 cm³/mol. The Morgan fingerprint density at radius 3 is 2.38 bits per heavy atom. The van der Waals surface area contributed by atoms with E-state index in [1.165, 1.54) is 4.90 Å². The van der Waals surface area contributed by atoms with Gasteiger partial charge in [-0.1, -0.05) is 12.1 Å². The van der Waals surface area contributed by atoms with Gasteiger partial charge < -0.3 is 14.8 Å². The first-order valence-corrected chi connectivity index (χ1v) is 6.96.